The maximum Gasteiger partial charge on any atom is 0.416 e. The fraction of sp³-hybridized carbons (Fsp3) is 0.304. The Morgan fingerprint density at radius 2 is 1.78 bits per heavy atom. The summed E-state index contributed by atoms with van der Waals surface area (Å²) in [5.41, 5.74) is -0.737. The van der Waals surface area contributed by atoms with Crippen LogP contribution in [-0.4, -0.2) is 29.5 Å². The number of nitrogens with zero attached hydrogens (tertiary/aromatic N) is 1. The van der Waals surface area contributed by atoms with Crippen molar-refractivity contribution in [3.63, 3.8) is 0 Å². The molecule has 32 heavy (non-hydrogen) atoms. The molecule has 0 saturated carbocycles. The summed E-state index contributed by atoms with van der Waals surface area (Å²) in [5, 5.41) is 17.6. The minimum Gasteiger partial charge on any atom is -0.493 e. The van der Waals surface area contributed by atoms with E-state index in [2.05, 4.69) is 0 Å². The van der Waals surface area contributed by atoms with Gasteiger partial charge in [0.25, 0.3) is 0 Å². The second-order valence-electron chi connectivity index (χ2n) is 6.85. The fourth-order valence-corrected chi connectivity index (χ4v) is 3.52. The lowest BCUT2D eigenvalue weighted by Gasteiger charge is -2.17. The molecule has 0 radical (unpaired) electrons. The average molecular weight is 465 g/mol. The van der Waals surface area contributed by atoms with Crippen LogP contribution >= 0.6 is 11.8 Å². The number of aliphatic carboxylic acids is 1. The summed E-state index contributed by atoms with van der Waals surface area (Å²) in [6.07, 6.45) is -1.67. The SMILES string of the molecule is CC(Oc1ccc(SCC(CC=CC#N)COc2ccc(C(F)(F)F)cc2)cc1)C(=O)O. The van der Waals surface area contributed by atoms with Crippen LogP contribution < -0.4 is 9.47 Å². The van der Waals surface area contributed by atoms with Crippen LogP contribution in [0.5, 0.6) is 11.5 Å². The van der Waals surface area contributed by atoms with Crippen molar-refractivity contribution in [1.29, 1.82) is 5.26 Å². The van der Waals surface area contributed by atoms with E-state index in [-0.39, 0.29) is 12.5 Å². The highest BCUT2D eigenvalue weighted by Gasteiger charge is 2.30. The van der Waals surface area contributed by atoms with Gasteiger partial charge in [0.2, 0.25) is 0 Å². The van der Waals surface area contributed by atoms with Crippen molar-refractivity contribution in [2.75, 3.05) is 12.4 Å². The molecule has 2 aromatic rings. The summed E-state index contributed by atoms with van der Waals surface area (Å²) in [6, 6.07) is 13.5. The van der Waals surface area contributed by atoms with Crippen LogP contribution in [0.4, 0.5) is 13.2 Å². The molecule has 2 rings (SSSR count). The van der Waals surface area contributed by atoms with Gasteiger partial charge in [-0.15, -0.1) is 11.8 Å². The molecule has 0 aliphatic heterocycles. The van der Waals surface area contributed by atoms with Gasteiger partial charge in [-0.2, -0.15) is 18.4 Å². The van der Waals surface area contributed by atoms with Crippen molar-refractivity contribution in [2.45, 2.75) is 30.5 Å². The number of hydrogen-bond acceptors (Lipinski definition) is 5. The molecular weight excluding hydrogens is 443 g/mol. The van der Waals surface area contributed by atoms with Crippen molar-refractivity contribution in [1.82, 2.24) is 0 Å². The van der Waals surface area contributed by atoms with Gasteiger partial charge in [-0.25, -0.2) is 4.79 Å². The van der Waals surface area contributed by atoms with E-state index in [1.54, 1.807) is 30.0 Å². The number of halogens is 3. The van der Waals surface area contributed by atoms with E-state index in [1.807, 2.05) is 18.2 Å². The van der Waals surface area contributed by atoms with E-state index in [9.17, 15) is 18.0 Å². The van der Waals surface area contributed by atoms with E-state index < -0.39 is 23.8 Å². The van der Waals surface area contributed by atoms with Gasteiger partial charge in [0.05, 0.1) is 18.2 Å². The van der Waals surface area contributed by atoms with Crippen LogP contribution in [0.3, 0.4) is 0 Å². The molecule has 0 bridgehead atoms. The van der Waals surface area contributed by atoms with Gasteiger partial charge in [0.1, 0.15) is 11.5 Å². The van der Waals surface area contributed by atoms with Gasteiger partial charge < -0.3 is 14.6 Å². The predicted octanol–water partition coefficient (Wildman–Crippen LogP) is 5.81. The molecule has 2 aromatic carbocycles. The normalized spacial score (nSPS) is 13.3. The topological polar surface area (TPSA) is 79.5 Å². The Balaban J connectivity index is 1.93. The first-order chi connectivity index (χ1) is 15.2. The highest BCUT2D eigenvalue weighted by atomic mass is 32.2. The molecule has 170 valence electrons. The number of hydrogen-bond donors (Lipinski definition) is 1. The number of carboxylic acids is 1. The van der Waals surface area contributed by atoms with Crippen LogP contribution in [0, 0.1) is 17.2 Å². The van der Waals surface area contributed by atoms with E-state index in [0.29, 0.717) is 23.7 Å². The lowest BCUT2D eigenvalue weighted by molar-refractivity contribution is -0.144. The molecule has 0 spiro atoms. The number of ether oxygens (including phenoxy) is 2. The number of carboxylic acid groups (broad SMARTS) is 1. The Bertz CT molecular complexity index is 938. The molecule has 0 aromatic heterocycles. The minimum absolute atomic E-state index is 0.00912. The van der Waals surface area contributed by atoms with Crippen LogP contribution in [0.25, 0.3) is 0 Å². The monoisotopic (exact) mass is 465 g/mol. The molecule has 0 aliphatic carbocycles. The van der Waals surface area contributed by atoms with E-state index in [4.69, 9.17) is 19.8 Å². The van der Waals surface area contributed by atoms with Crippen LogP contribution in [0.1, 0.15) is 18.9 Å². The van der Waals surface area contributed by atoms with Crippen LogP contribution in [0.2, 0.25) is 0 Å². The van der Waals surface area contributed by atoms with Gasteiger partial charge in [0, 0.05) is 22.6 Å². The third-order valence-corrected chi connectivity index (χ3v) is 5.54. The first-order valence-electron chi connectivity index (χ1n) is 9.66. The van der Waals surface area contributed by atoms with Crippen molar-refractivity contribution >= 4 is 17.7 Å². The fourth-order valence-electron chi connectivity index (χ4n) is 2.53. The number of alkyl halides is 3. The Labute approximate surface area is 188 Å². The van der Waals surface area contributed by atoms with Crippen molar-refractivity contribution in [3.05, 3.63) is 66.2 Å². The molecular formula is C23H22F3NO4S. The standard InChI is InChI=1S/C23H22F3NO4S/c1-16(22(28)29)31-20-9-11-21(12-10-20)32-15-17(4-2-3-13-27)14-30-19-7-5-18(6-8-19)23(24,25)26/h2-3,5-12,16-17H,4,14-15H2,1H3,(H,28,29). The molecule has 2 atom stereocenters. The predicted molar refractivity (Wildman–Crippen MR) is 115 cm³/mol. The summed E-state index contributed by atoms with van der Waals surface area (Å²) in [4.78, 5) is 11.8. The van der Waals surface area contributed by atoms with Crippen molar-refractivity contribution in [3.8, 4) is 17.6 Å². The zero-order chi connectivity index (χ0) is 23.6. The summed E-state index contributed by atoms with van der Waals surface area (Å²) >= 11 is 1.54. The zero-order valence-electron chi connectivity index (χ0n) is 17.2. The summed E-state index contributed by atoms with van der Waals surface area (Å²) in [7, 11) is 0. The molecule has 2 unspecified atom stereocenters. The second-order valence-corrected chi connectivity index (χ2v) is 7.94. The first kappa shape index (κ1) is 25.1. The lowest BCUT2D eigenvalue weighted by atomic mass is 10.1. The quantitative estimate of drug-likeness (QED) is 0.333. The Morgan fingerprint density at radius 3 is 2.34 bits per heavy atom. The number of carbonyl (C=O) groups is 1. The van der Waals surface area contributed by atoms with E-state index in [0.717, 1.165) is 17.0 Å². The summed E-state index contributed by atoms with van der Waals surface area (Å²) < 4.78 is 49.0. The minimum atomic E-state index is -4.40. The summed E-state index contributed by atoms with van der Waals surface area (Å²) in [5.74, 6) is 0.386. The Morgan fingerprint density at radius 1 is 1.16 bits per heavy atom. The highest BCUT2D eigenvalue weighted by molar-refractivity contribution is 7.99. The molecule has 0 fully saturated rings. The highest BCUT2D eigenvalue weighted by Crippen LogP contribution is 2.31. The maximum absolute atomic E-state index is 12.7. The van der Waals surface area contributed by atoms with Crippen LogP contribution in [-0.2, 0) is 11.0 Å². The maximum atomic E-state index is 12.7. The smallest absolute Gasteiger partial charge is 0.416 e. The molecule has 0 saturated heterocycles. The second kappa shape index (κ2) is 12.1. The number of benzene rings is 2. The molecule has 0 aliphatic rings. The molecule has 0 amide bonds. The number of rotatable bonds is 11. The third-order valence-electron chi connectivity index (χ3n) is 4.30. The van der Waals surface area contributed by atoms with Crippen LogP contribution in [0.15, 0.2) is 65.6 Å². The van der Waals surface area contributed by atoms with E-state index >= 15 is 0 Å². The molecule has 1 N–H and O–H groups in total. The van der Waals surface area contributed by atoms with E-state index in [1.165, 1.54) is 25.1 Å². The number of nitriles is 1. The van der Waals surface area contributed by atoms with Gasteiger partial charge in [0.15, 0.2) is 6.10 Å². The zero-order valence-corrected chi connectivity index (χ0v) is 18.0. The average Bonchev–Trinajstić information content (AvgIpc) is 2.76. The Kier molecular flexibility index (Phi) is 9.47. The third kappa shape index (κ3) is 8.55. The molecule has 5 nitrogen and oxygen atoms in total. The van der Waals surface area contributed by atoms with Crippen molar-refractivity contribution < 1.29 is 32.5 Å². The summed E-state index contributed by atoms with van der Waals surface area (Å²) in [6.45, 7) is 1.71. The first-order valence-corrected chi connectivity index (χ1v) is 10.6. The van der Waals surface area contributed by atoms with Gasteiger partial charge in [-0.3, -0.25) is 0 Å². The number of thioether (sulfide) groups is 1. The molecule has 0 heterocycles. The molecule has 9 heteroatoms. The van der Waals surface area contributed by atoms with Gasteiger partial charge >= 0.3 is 12.1 Å². The lowest BCUT2D eigenvalue weighted by Crippen LogP contribution is -2.22. The largest absolute Gasteiger partial charge is 0.493 e. The Hall–Kier alpha value is -3.12. The van der Waals surface area contributed by atoms with Gasteiger partial charge in [-0.05, 0) is 61.9 Å². The van der Waals surface area contributed by atoms with Crippen molar-refractivity contribution in [2.24, 2.45) is 5.92 Å². The van der Waals surface area contributed by atoms with Gasteiger partial charge in [-0.1, -0.05) is 6.08 Å². The number of allylic oxidation sites excluding steroid dienone is 2.